The Kier molecular flexibility index (Phi) is 3.14. The maximum atomic E-state index is 12.8. The van der Waals surface area contributed by atoms with E-state index in [0.29, 0.717) is 28.0 Å². The van der Waals surface area contributed by atoms with Gasteiger partial charge in [0.25, 0.3) is 0 Å². The van der Waals surface area contributed by atoms with Crippen LogP contribution in [0.25, 0.3) is 21.5 Å². The second kappa shape index (κ2) is 4.74. The molecule has 0 fully saturated rings. The molecule has 0 aliphatic carbocycles. The van der Waals surface area contributed by atoms with Gasteiger partial charge in [-0.05, 0) is 22.9 Å². The maximum Gasteiger partial charge on any atom is 0.416 e. The molecular formula is C16H8ClF3O. The number of fused-ring (bicyclic) bond motifs is 2. The van der Waals surface area contributed by atoms with Crippen LogP contribution < -0.4 is 0 Å². The lowest BCUT2D eigenvalue weighted by Gasteiger charge is -2.12. The van der Waals surface area contributed by atoms with Crippen molar-refractivity contribution >= 4 is 39.4 Å². The van der Waals surface area contributed by atoms with Gasteiger partial charge in [-0.25, -0.2) is 0 Å². The Labute approximate surface area is 122 Å². The van der Waals surface area contributed by atoms with Crippen LogP contribution in [-0.2, 0) is 6.18 Å². The summed E-state index contributed by atoms with van der Waals surface area (Å²) < 4.78 is 38.5. The molecule has 3 aromatic carbocycles. The monoisotopic (exact) mass is 308 g/mol. The van der Waals surface area contributed by atoms with E-state index < -0.39 is 11.7 Å². The van der Waals surface area contributed by atoms with Gasteiger partial charge in [0, 0.05) is 16.3 Å². The first kappa shape index (κ1) is 13.9. The number of hydrogen-bond acceptors (Lipinski definition) is 1. The molecule has 5 heteroatoms. The second-order valence-corrected chi connectivity index (χ2v) is 5.03. The van der Waals surface area contributed by atoms with Gasteiger partial charge in [-0.3, -0.25) is 4.79 Å². The van der Waals surface area contributed by atoms with Crippen LogP contribution in [-0.4, -0.2) is 6.29 Å². The fourth-order valence-electron chi connectivity index (χ4n) is 2.46. The van der Waals surface area contributed by atoms with Crippen molar-refractivity contribution in [3.05, 3.63) is 58.6 Å². The third kappa shape index (κ3) is 2.16. The van der Waals surface area contributed by atoms with Gasteiger partial charge in [-0.15, -0.1) is 0 Å². The molecule has 0 saturated heterocycles. The highest BCUT2D eigenvalue weighted by Gasteiger charge is 2.31. The molecule has 0 amide bonds. The van der Waals surface area contributed by atoms with Gasteiger partial charge in [-0.1, -0.05) is 41.9 Å². The van der Waals surface area contributed by atoms with E-state index >= 15 is 0 Å². The SMILES string of the molecule is O=Cc1c2ccccc2c(Cl)c2cc(C(F)(F)F)ccc12. The Morgan fingerprint density at radius 1 is 0.905 bits per heavy atom. The van der Waals surface area contributed by atoms with Gasteiger partial charge in [0.1, 0.15) is 0 Å². The molecule has 21 heavy (non-hydrogen) atoms. The number of carbonyl (C=O) groups excluding carboxylic acids is 1. The summed E-state index contributed by atoms with van der Waals surface area (Å²) in [4.78, 5) is 11.4. The highest BCUT2D eigenvalue weighted by Crippen LogP contribution is 2.38. The minimum absolute atomic E-state index is 0.220. The molecule has 0 aliphatic heterocycles. The molecule has 106 valence electrons. The number of benzene rings is 3. The van der Waals surface area contributed by atoms with Gasteiger partial charge in [0.05, 0.1) is 10.6 Å². The average molecular weight is 309 g/mol. The van der Waals surface area contributed by atoms with Crippen molar-refractivity contribution in [1.82, 2.24) is 0 Å². The van der Waals surface area contributed by atoms with Crippen LogP contribution in [0.5, 0.6) is 0 Å². The largest absolute Gasteiger partial charge is 0.416 e. The molecule has 0 radical (unpaired) electrons. The normalized spacial score (nSPS) is 12.0. The van der Waals surface area contributed by atoms with E-state index in [1.165, 1.54) is 6.07 Å². The second-order valence-electron chi connectivity index (χ2n) is 4.65. The molecule has 0 heterocycles. The molecule has 3 rings (SSSR count). The minimum atomic E-state index is -4.45. The van der Waals surface area contributed by atoms with E-state index in [1.807, 2.05) is 0 Å². The quantitative estimate of drug-likeness (QED) is 0.430. The Morgan fingerprint density at radius 2 is 1.52 bits per heavy atom. The lowest BCUT2D eigenvalue weighted by atomic mass is 9.96. The molecule has 0 spiro atoms. The zero-order valence-electron chi connectivity index (χ0n) is 10.5. The number of carbonyl (C=O) groups is 1. The van der Waals surface area contributed by atoms with E-state index in [1.54, 1.807) is 24.3 Å². The summed E-state index contributed by atoms with van der Waals surface area (Å²) in [6.07, 6.45) is -3.81. The van der Waals surface area contributed by atoms with Crippen LogP contribution in [0.4, 0.5) is 13.2 Å². The molecule has 1 nitrogen and oxygen atoms in total. The third-order valence-electron chi connectivity index (χ3n) is 3.45. The molecule has 0 saturated carbocycles. The first-order valence-corrected chi connectivity index (χ1v) is 6.47. The zero-order chi connectivity index (χ0) is 15.2. The smallest absolute Gasteiger partial charge is 0.298 e. The van der Waals surface area contributed by atoms with Crippen LogP contribution in [0.15, 0.2) is 42.5 Å². The van der Waals surface area contributed by atoms with E-state index in [0.717, 1.165) is 12.1 Å². The first-order chi connectivity index (χ1) is 9.93. The van der Waals surface area contributed by atoms with Crippen molar-refractivity contribution in [2.75, 3.05) is 0 Å². The third-order valence-corrected chi connectivity index (χ3v) is 3.85. The number of hydrogen-bond donors (Lipinski definition) is 0. The highest BCUT2D eigenvalue weighted by atomic mass is 35.5. The summed E-state index contributed by atoms with van der Waals surface area (Å²) in [5.41, 5.74) is -0.442. The predicted octanol–water partition coefficient (Wildman–Crippen LogP) is 5.48. The van der Waals surface area contributed by atoms with Crippen molar-refractivity contribution in [2.24, 2.45) is 0 Å². The Bertz CT molecular complexity index is 869. The number of rotatable bonds is 1. The van der Waals surface area contributed by atoms with E-state index in [-0.39, 0.29) is 10.4 Å². The molecule has 0 aliphatic rings. The Balaban J connectivity index is 2.51. The zero-order valence-corrected chi connectivity index (χ0v) is 11.3. The van der Waals surface area contributed by atoms with Crippen LogP contribution in [0.1, 0.15) is 15.9 Å². The molecule has 0 N–H and O–H groups in total. The molecular weight excluding hydrogens is 301 g/mol. The summed E-state index contributed by atoms with van der Waals surface area (Å²) in [7, 11) is 0. The fourth-order valence-corrected chi connectivity index (χ4v) is 2.78. The van der Waals surface area contributed by atoms with Crippen molar-refractivity contribution < 1.29 is 18.0 Å². The van der Waals surface area contributed by atoms with Crippen molar-refractivity contribution in [3.63, 3.8) is 0 Å². The van der Waals surface area contributed by atoms with Crippen molar-refractivity contribution in [2.45, 2.75) is 6.18 Å². The van der Waals surface area contributed by atoms with Crippen molar-refractivity contribution in [1.29, 1.82) is 0 Å². The van der Waals surface area contributed by atoms with Crippen LogP contribution in [0, 0.1) is 0 Å². The lowest BCUT2D eigenvalue weighted by molar-refractivity contribution is -0.137. The summed E-state index contributed by atoms with van der Waals surface area (Å²) in [5, 5.41) is 2.06. The van der Waals surface area contributed by atoms with Gasteiger partial charge >= 0.3 is 6.18 Å². The molecule has 0 atom stereocenters. The molecule has 0 bridgehead atoms. The Hall–Kier alpha value is -2.07. The number of alkyl halides is 3. The number of aldehydes is 1. The molecule has 3 aromatic rings. The summed E-state index contributed by atoms with van der Waals surface area (Å²) >= 11 is 6.24. The molecule has 0 aromatic heterocycles. The van der Waals surface area contributed by atoms with E-state index in [9.17, 15) is 18.0 Å². The van der Waals surface area contributed by atoms with Crippen LogP contribution in [0.2, 0.25) is 5.02 Å². The van der Waals surface area contributed by atoms with Gasteiger partial charge in [0.2, 0.25) is 0 Å². The Morgan fingerprint density at radius 3 is 2.14 bits per heavy atom. The van der Waals surface area contributed by atoms with Gasteiger partial charge in [0.15, 0.2) is 6.29 Å². The standard InChI is InChI=1S/C16H8ClF3O/c17-15-12-4-2-1-3-10(12)14(8-21)11-6-5-9(7-13(11)15)16(18,19)20/h1-8H. The predicted molar refractivity (Wildman–Crippen MR) is 76.9 cm³/mol. The highest BCUT2D eigenvalue weighted by molar-refractivity contribution is 6.42. The summed E-state index contributed by atoms with van der Waals surface area (Å²) in [6.45, 7) is 0. The van der Waals surface area contributed by atoms with Gasteiger partial charge < -0.3 is 0 Å². The number of halogens is 4. The minimum Gasteiger partial charge on any atom is -0.298 e. The van der Waals surface area contributed by atoms with Gasteiger partial charge in [-0.2, -0.15) is 13.2 Å². The van der Waals surface area contributed by atoms with E-state index in [4.69, 9.17) is 11.6 Å². The lowest BCUT2D eigenvalue weighted by Crippen LogP contribution is -2.04. The topological polar surface area (TPSA) is 17.1 Å². The van der Waals surface area contributed by atoms with Crippen molar-refractivity contribution in [3.8, 4) is 0 Å². The van der Waals surface area contributed by atoms with Crippen LogP contribution in [0.3, 0.4) is 0 Å². The van der Waals surface area contributed by atoms with Crippen LogP contribution >= 0.6 is 11.6 Å². The average Bonchev–Trinajstić information content (AvgIpc) is 2.47. The fraction of sp³-hybridized carbons (Fsp3) is 0.0625. The van der Waals surface area contributed by atoms with E-state index in [2.05, 4.69) is 0 Å². The molecule has 0 unspecified atom stereocenters. The maximum absolute atomic E-state index is 12.8. The summed E-state index contributed by atoms with van der Waals surface area (Å²) in [6, 6.07) is 10.1. The first-order valence-electron chi connectivity index (χ1n) is 6.10. The summed E-state index contributed by atoms with van der Waals surface area (Å²) in [5.74, 6) is 0.